The van der Waals surface area contributed by atoms with Gasteiger partial charge in [-0.1, -0.05) is 29.8 Å². The fourth-order valence-electron chi connectivity index (χ4n) is 3.83. The number of benzene rings is 3. The number of rotatable bonds is 5. The summed E-state index contributed by atoms with van der Waals surface area (Å²) >= 11 is 6.11. The number of aliphatic hydroxyl groups is 1. The summed E-state index contributed by atoms with van der Waals surface area (Å²) in [7, 11) is 2.89. The van der Waals surface area contributed by atoms with Crippen LogP contribution in [0.4, 0.5) is 10.1 Å². The lowest BCUT2D eigenvalue weighted by molar-refractivity contribution is -0.132. The average Bonchev–Trinajstić information content (AvgIpc) is 3.09. The topological polar surface area (TPSA) is 76.1 Å². The zero-order valence-corrected chi connectivity index (χ0v) is 18.5. The Labute approximate surface area is 194 Å². The van der Waals surface area contributed by atoms with E-state index in [2.05, 4.69) is 0 Å². The monoisotopic (exact) mass is 467 g/mol. The Balaban J connectivity index is 1.98. The van der Waals surface area contributed by atoms with Crippen LogP contribution in [-0.2, 0) is 9.59 Å². The molecule has 1 heterocycles. The summed E-state index contributed by atoms with van der Waals surface area (Å²) in [6, 6.07) is 15.5. The molecule has 1 atom stereocenters. The van der Waals surface area contributed by atoms with Crippen LogP contribution in [0.1, 0.15) is 17.2 Å². The van der Waals surface area contributed by atoms with Gasteiger partial charge >= 0.3 is 0 Å². The van der Waals surface area contributed by atoms with Gasteiger partial charge in [-0.15, -0.1) is 0 Å². The molecule has 33 heavy (non-hydrogen) atoms. The molecule has 3 aromatic rings. The molecule has 3 aromatic carbocycles. The Morgan fingerprint density at radius 1 is 1.00 bits per heavy atom. The number of ketones is 1. The number of amides is 1. The molecule has 1 amide bonds. The molecule has 1 N–H and O–H groups in total. The lowest BCUT2D eigenvalue weighted by Gasteiger charge is -2.26. The molecule has 0 saturated carbocycles. The van der Waals surface area contributed by atoms with Gasteiger partial charge in [0.1, 0.15) is 23.1 Å². The van der Waals surface area contributed by atoms with Crippen LogP contribution in [0.2, 0.25) is 5.02 Å². The Morgan fingerprint density at radius 2 is 1.73 bits per heavy atom. The van der Waals surface area contributed by atoms with Crippen molar-refractivity contribution in [2.24, 2.45) is 0 Å². The van der Waals surface area contributed by atoms with Crippen molar-refractivity contribution in [3.8, 4) is 11.5 Å². The molecule has 8 heteroatoms. The van der Waals surface area contributed by atoms with Crippen molar-refractivity contribution in [1.29, 1.82) is 0 Å². The number of nitrogens with zero attached hydrogens (tertiary/aromatic N) is 1. The largest absolute Gasteiger partial charge is 0.507 e. The first kappa shape index (κ1) is 22.4. The molecule has 1 saturated heterocycles. The van der Waals surface area contributed by atoms with Crippen LogP contribution in [0.25, 0.3) is 5.76 Å². The van der Waals surface area contributed by atoms with Gasteiger partial charge in [-0.3, -0.25) is 14.5 Å². The van der Waals surface area contributed by atoms with Crippen LogP contribution in [-0.4, -0.2) is 31.0 Å². The molecule has 1 aliphatic heterocycles. The molecule has 0 aromatic heterocycles. The molecule has 168 valence electrons. The van der Waals surface area contributed by atoms with Crippen molar-refractivity contribution in [1.82, 2.24) is 0 Å². The fourth-order valence-corrected chi connectivity index (χ4v) is 4.00. The molecule has 1 fully saturated rings. The maximum Gasteiger partial charge on any atom is 0.300 e. The van der Waals surface area contributed by atoms with Crippen molar-refractivity contribution < 1.29 is 28.6 Å². The second kappa shape index (κ2) is 8.96. The highest BCUT2D eigenvalue weighted by atomic mass is 35.5. The predicted molar refractivity (Wildman–Crippen MR) is 122 cm³/mol. The van der Waals surface area contributed by atoms with Gasteiger partial charge in [0.05, 0.1) is 31.4 Å². The smallest absolute Gasteiger partial charge is 0.300 e. The summed E-state index contributed by atoms with van der Waals surface area (Å²) in [5.41, 5.74) is 0.791. The van der Waals surface area contributed by atoms with E-state index in [1.54, 1.807) is 36.4 Å². The van der Waals surface area contributed by atoms with Gasteiger partial charge in [0.15, 0.2) is 0 Å². The van der Waals surface area contributed by atoms with Crippen LogP contribution < -0.4 is 14.4 Å². The summed E-state index contributed by atoms with van der Waals surface area (Å²) in [5, 5.41) is 11.5. The zero-order chi connectivity index (χ0) is 23.7. The second-order valence-corrected chi connectivity index (χ2v) is 7.70. The summed E-state index contributed by atoms with van der Waals surface area (Å²) in [6.45, 7) is 0. The third kappa shape index (κ3) is 4.03. The van der Waals surface area contributed by atoms with Gasteiger partial charge in [0.2, 0.25) is 0 Å². The van der Waals surface area contributed by atoms with Crippen LogP contribution in [0.5, 0.6) is 11.5 Å². The fraction of sp³-hybridized carbons (Fsp3) is 0.120. The molecule has 0 aliphatic carbocycles. The molecule has 0 spiro atoms. The third-order valence-corrected chi connectivity index (χ3v) is 5.61. The Kier molecular flexibility index (Phi) is 6.07. The maximum atomic E-state index is 13.7. The third-order valence-electron chi connectivity index (χ3n) is 5.38. The SMILES string of the molecule is COc1cccc(N2C(=O)C(=O)/C(=C(/O)c3cc(Cl)ccc3OC)C2c2ccc(F)cc2)c1. The van der Waals surface area contributed by atoms with Gasteiger partial charge in [-0.25, -0.2) is 4.39 Å². The zero-order valence-electron chi connectivity index (χ0n) is 17.7. The lowest BCUT2D eigenvalue weighted by Crippen LogP contribution is -2.29. The number of carbonyl (C=O) groups excluding carboxylic acids is 2. The number of carbonyl (C=O) groups is 2. The first-order chi connectivity index (χ1) is 15.8. The number of ether oxygens (including phenoxy) is 2. The number of halogens is 2. The van der Waals surface area contributed by atoms with E-state index in [0.717, 1.165) is 0 Å². The Bertz CT molecular complexity index is 1270. The van der Waals surface area contributed by atoms with E-state index in [4.69, 9.17) is 21.1 Å². The van der Waals surface area contributed by atoms with Crippen molar-refractivity contribution in [3.63, 3.8) is 0 Å². The molecule has 0 bridgehead atoms. The first-order valence-electron chi connectivity index (χ1n) is 9.90. The molecule has 6 nitrogen and oxygen atoms in total. The highest BCUT2D eigenvalue weighted by molar-refractivity contribution is 6.51. The molecule has 1 unspecified atom stereocenters. The van der Waals surface area contributed by atoms with E-state index in [1.807, 2.05) is 0 Å². The predicted octanol–water partition coefficient (Wildman–Crippen LogP) is 5.12. The number of methoxy groups -OCH3 is 2. The summed E-state index contributed by atoms with van der Waals surface area (Å²) in [6.07, 6.45) is 0. The Morgan fingerprint density at radius 3 is 2.39 bits per heavy atom. The quantitative estimate of drug-likeness (QED) is 0.320. The highest BCUT2D eigenvalue weighted by Gasteiger charge is 2.47. The molecular weight excluding hydrogens is 449 g/mol. The van der Waals surface area contributed by atoms with Gasteiger partial charge in [0.25, 0.3) is 11.7 Å². The molecular formula is C25H19ClFNO5. The Hall–Kier alpha value is -3.84. The average molecular weight is 468 g/mol. The normalized spacial score (nSPS) is 17.3. The maximum absolute atomic E-state index is 13.7. The molecule has 1 aliphatic rings. The first-order valence-corrected chi connectivity index (χ1v) is 10.3. The van der Waals surface area contributed by atoms with Crippen molar-refractivity contribution in [2.45, 2.75) is 6.04 Å². The van der Waals surface area contributed by atoms with Crippen LogP contribution in [0, 0.1) is 5.82 Å². The highest BCUT2D eigenvalue weighted by Crippen LogP contribution is 2.44. The van der Waals surface area contributed by atoms with E-state index in [1.165, 1.54) is 49.5 Å². The minimum atomic E-state index is -1.03. The number of anilines is 1. The van der Waals surface area contributed by atoms with Crippen molar-refractivity contribution in [3.05, 3.63) is 94.3 Å². The second-order valence-electron chi connectivity index (χ2n) is 7.27. The minimum absolute atomic E-state index is 0.153. The van der Waals surface area contributed by atoms with Crippen LogP contribution >= 0.6 is 11.6 Å². The van der Waals surface area contributed by atoms with Crippen LogP contribution in [0.15, 0.2) is 72.3 Å². The van der Waals surface area contributed by atoms with E-state index in [0.29, 0.717) is 22.0 Å². The van der Waals surface area contributed by atoms with E-state index in [-0.39, 0.29) is 16.9 Å². The summed E-state index contributed by atoms with van der Waals surface area (Å²) < 4.78 is 24.2. The summed E-state index contributed by atoms with van der Waals surface area (Å²) in [5.74, 6) is -1.93. The number of aliphatic hydroxyl groups excluding tert-OH is 1. The van der Waals surface area contributed by atoms with E-state index < -0.39 is 29.3 Å². The number of Topliss-reactive ketones (excluding diaryl/α,β-unsaturated/α-hetero) is 1. The number of hydrogen-bond acceptors (Lipinski definition) is 5. The number of hydrogen-bond donors (Lipinski definition) is 1. The van der Waals surface area contributed by atoms with Crippen LogP contribution in [0.3, 0.4) is 0 Å². The van der Waals surface area contributed by atoms with Crippen molar-refractivity contribution in [2.75, 3.05) is 19.1 Å². The van der Waals surface area contributed by atoms with Gasteiger partial charge in [0, 0.05) is 16.8 Å². The minimum Gasteiger partial charge on any atom is -0.507 e. The van der Waals surface area contributed by atoms with Gasteiger partial charge in [-0.2, -0.15) is 0 Å². The van der Waals surface area contributed by atoms with Crippen molar-refractivity contribution >= 4 is 34.7 Å². The molecule has 0 radical (unpaired) electrons. The van der Waals surface area contributed by atoms with Gasteiger partial charge in [-0.05, 0) is 48.0 Å². The lowest BCUT2D eigenvalue weighted by atomic mass is 9.94. The van der Waals surface area contributed by atoms with E-state index in [9.17, 15) is 19.1 Å². The van der Waals surface area contributed by atoms with E-state index >= 15 is 0 Å². The summed E-state index contributed by atoms with van der Waals surface area (Å²) in [4.78, 5) is 27.6. The van der Waals surface area contributed by atoms with Gasteiger partial charge < -0.3 is 14.6 Å². The standard InChI is InChI=1S/C25H19ClFNO5/c1-32-18-5-3-4-17(13-18)28-22(14-6-9-16(27)10-7-14)21(24(30)25(28)31)23(29)19-12-15(26)8-11-20(19)33-2/h3-13,22,29H,1-2H3/b23-21+. The molecule has 4 rings (SSSR count).